The highest BCUT2D eigenvalue weighted by Gasteiger charge is 2.02. The Hall–Kier alpha value is -1.43. The van der Waals surface area contributed by atoms with Crippen molar-refractivity contribution >= 4 is 28.3 Å². The fourth-order valence-corrected chi connectivity index (χ4v) is 2.11. The highest BCUT2D eigenvalue weighted by molar-refractivity contribution is 14.1. The van der Waals surface area contributed by atoms with Crippen LogP contribution in [-0.2, 0) is 6.61 Å². The molecule has 0 saturated heterocycles. The number of anilines is 1. The van der Waals surface area contributed by atoms with E-state index in [1.807, 2.05) is 42.5 Å². The van der Waals surface area contributed by atoms with Crippen LogP contribution in [-0.4, -0.2) is 7.11 Å². The number of hydrogen-bond acceptors (Lipinski definition) is 3. The van der Waals surface area contributed by atoms with Crippen molar-refractivity contribution in [3.63, 3.8) is 0 Å². The van der Waals surface area contributed by atoms with E-state index in [4.69, 9.17) is 15.2 Å². The molecular formula is C14H14INO2. The van der Waals surface area contributed by atoms with E-state index in [0.717, 1.165) is 14.9 Å². The van der Waals surface area contributed by atoms with Crippen LogP contribution in [0.1, 0.15) is 5.56 Å². The average Bonchev–Trinajstić information content (AvgIpc) is 2.37. The van der Waals surface area contributed by atoms with Crippen LogP contribution >= 0.6 is 22.6 Å². The minimum atomic E-state index is 0.494. The molecule has 2 aromatic rings. The smallest absolute Gasteiger partial charge is 0.141 e. The fourth-order valence-electron chi connectivity index (χ4n) is 1.60. The average molecular weight is 355 g/mol. The molecule has 0 spiro atoms. The molecular weight excluding hydrogens is 341 g/mol. The Labute approximate surface area is 120 Å². The molecule has 2 rings (SSSR count). The molecule has 0 heterocycles. The van der Waals surface area contributed by atoms with E-state index in [2.05, 4.69) is 22.6 Å². The first kappa shape index (κ1) is 13.0. The number of nitrogens with two attached hydrogens (primary N) is 1. The van der Waals surface area contributed by atoms with Crippen molar-refractivity contribution in [1.82, 2.24) is 0 Å². The van der Waals surface area contributed by atoms with E-state index in [1.165, 1.54) is 0 Å². The summed E-state index contributed by atoms with van der Waals surface area (Å²) in [5, 5.41) is 0. The van der Waals surface area contributed by atoms with Gasteiger partial charge in [0, 0.05) is 3.57 Å². The van der Waals surface area contributed by atoms with E-state index in [1.54, 1.807) is 7.11 Å². The third-order valence-corrected chi connectivity index (χ3v) is 3.17. The van der Waals surface area contributed by atoms with Crippen LogP contribution in [0.25, 0.3) is 0 Å². The third-order valence-electron chi connectivity index (χ3n) is 2.50. The second kappa shape index (κ2) is 5.95. The van der Waals surface area contributed by atoms with E-state index in [9.17, 15) is 0 Å². The molecule has 0 atom stereocenters. The molecule has 0 amide bonds. The van der Waals surface area contributed by atoms with Crippen LogP contribution in [0.2, 0.25) is 0 Å². The van der Waals surface area contributed by atoms with Crippen LogP contribution in [0.5, 0.6) is 11.5 Å². The molecule has 0 unspecified atom stereocenters. The monoisotopic (exact) mass is 355 g/mol. The molecule has 0 bridgehead atoms. The Morgan fingerprint density at radius 1 is 1.17 bits per heavy atom. The molecule has 0 radical (unpaired) electrons. The number of nitrogen functional groups attached to an aromatic ring is 1. The molecule has 0 aliphatic rings. The van der Waals surface area contributed by atoms with Gasteiger partial charge in [-0.3, -0.25) is 0 Å². The molecule has 0 aromatic heterocycles. The van der Waals surface area contributed by atoms with Crippen molar-refractivity contribution in [1.29, 1.82) is 0 Å². The van der Waals surface area contributed by atoms with Gasteiger partial charge in [0.25, 0.3) is 0 Å². The van der Waals surface area contributed by atoms with Crippen molar-refractivity contribution in [2.24, 2.45) is 0 Å². The zero-order valence-corrected chi connectivity index (χ0v) is 12.2. The highest BCUT2D eigenvalue weighted by Crippen LogP contribution is 2.23. The maximum absolute atomic E-state index is 5.84. The Morgan fingerprint density at radius 2 is 2.00 bits per heavy atom. The molecule has 2 N–H and O–H groups in total. The summed E-state index contributed by atoms with van der Waals surface area (Å²) in [6.45, 7) is 0.494. The largest absolute Gasteiger partial charge is 0.495 e. The number of hydrogen-bond donors (Lipinski definition) is 1. The molecule has 3 nitrogen and oxygen atoms in total. The minimum Gasteiger partial charge on any atom is -0.495 e. The SMILES string of the molecule is COc1ccc(COc2cccc(I)c2)cc1N. The van der Waals surface area contributed by atoms with Gasteiger partial charge in [-0.05, 0) is 58.5 Å². The summed E-state index contributed by atoms with van der Waals surface area (Å²) in [5.74, 6) is 1.55. The van der Waals surface area contributed by atoms with Crippen LogP contribution in [0.15, 0.2) is 42.5 Å². The van der Waals surface area contributed by atoms with Crippen molar-refractivity contribution in [3.05, 3.63) is 51.6 Å². The van der Waals surface area contributed by atoms with Crippen molar-refractivity contribution < 1.29 is 9.47 Å². The number of halogens is 1. The number of methoxy groups -OCH3 is 1. The zero-order valence-electron chi connectivity index (χ0n) is 10.0. The van der Waals surface area contributed by atoms with Gasteiger partial charge < -0.3 is 15.2 Å². The summed E-state index contributed by atoms with van der Waals surface area (Å²) in [5.41, 5.74) is 7.49. The van der Waals surface area contributed by atoms with Crippen LogP contribution in [0.4, 0.5) is 5.69 Å². The van der Waals surface area contributed by atoms with Gasteiger partial charge in [0.05, 0.1) is 12.8 Å². The normalized spacial score (nSPS) is 10.1. The molecule has 2 aromatic carbocycles. The van der Waals surface area contributed by atoms with Gasteiger partial charge in [0.2, 0.25) is 0 Å². The summed E-state index contributed by atoms with van der Waals surface area (Å²) >= 11 is 2.26. The van der Waals surface area contributed by atoms with Crippen LogP contribution < -0.4 is 15.2 Å². The maximum Gasteiger partial charge on any atom is 0.141 e. The van der Waals surface area contributed by atoms with E-state index in [0.29, 0.717) is 18.0 Å². The molecule has 0 aliphatic carbocycles. The van der Waals surface area contributed by atoms with Gasteiger partial charge in [0.15, 0.2) is 0 Å². The van der Waals surface area contributed by atoms with Crippen molar-refractivity contribution in [2.45, 2.75) is 6.61 Å². The number of rotatable bonds is 4. The Balaban J connectivity index is 2.04. The van der Waals surface area contributed by atoms with Crippen molar-refractivity contribution in [2.75, 3.05) is 12.8 Å². The molecule has 0 fully saturated rings. The quantitative estimate of drug-likeness (QED) is 0.675. The van der Waals surface area contributed by atoms with E-state index in [-0.39, 0.29) is 0 Å². The molecule has 0 saturated carbocycles. The summed E-state index contributed by atoms with van der Waals surface area (Å²) in [7, 11) is 1.60. The second-order valence-corrected chi connectivity index (χ2v) is 5.07. The highest BCUT2D eigenvalue weighted by atomic mass is 127. The zero-order chi connectivity index (χ0) is 13.0. The summed E-state index contributed by atoms with van der Waals surface area (Å²) in [6, 6.07) is 13.6. The first-order chi connectivity index (χ1) is 8.69. The van der Waals surface area contributed by atoms with Crippen molar-refractivity contribution in [3.8, 4) is 11.5 Å². The predicted octanol–water partition coefficient (Wildman–Crippen LogP) is 3.46. The van der Waals surface area contributed by atoms with E-state index >= 15 is 0 Å². The lowest BCUT2D eigenvalue weighted by Gasteiger charge is -2.09. The minimum absolute atomic E-state index is 0.494. The lowest BCUT2D eigenvalue weighted by molar-refractivity contribution is 0.306. The fraction of sp³-hybridized carbons (Fsp3) is 0.143. The number of ether oxygens (including phenoxy) is 2. The van der Waals surface area contributed by atoms with E-state index < -0.39 is 0 Å². The van der Waals surface area contributed by atoms with Gasteiger partial charge in [-0.1, -0.05) is 12.1 Å². The number of benzene rings is 2. The van der Waals surface area contributed by atoms with Gasteiger partial charge in [-0.2, -0.15) is 0 Å². The lowest BCUT2D eigenvalue weighted by atomic mass is 10.2. The van der Waals surface area contributed by atoms with Crippen LogP contribution in [0, 0.1) is 3.57 Å². The predicted molar refractivity (Wildman–Crippen MR) is 80.9 cm³/mol. The Bertz CT molecular complexity index is 543. The Kier molecular flexibility index (Phi) is 4.30. The first-order valence-electron chi connectivity index (χ1n) is 5.50. The summed E-state index contributed by atoms with van der Waals surface area (Å²) in [6.07, 6.45) is 0. The molecule has 0 aliphatic heterocycles. The van der Waals surface area contributed by atoms with Gasteiger partial charge in [0.1, 0.15) is 18.1 Å². The third kappa shape index (κ3) is 3.29. The molecule has 18 heavy (non-hydrogen) atoms. The summed E-state index contributed by atoms with van der Waals surface area (Å²) in [4.78, 5) is 0. The Morgan fingerprint density at radius 3 is 2.67 bits per heavy atom. The molecule has 94 valence electrons. The first-order valence-corrected chi connectivity index (χ1v) is 6.57. The topological polar surface area (TPSA) is 44.5 Å². The lowest BCUT2D eigenvalue weighted by Crippen LogP contribution is -1.98. The second-order valence-electron chi connectivity index (χ2n) is 3.82. The van der Waals surface area contributed by atoms with Gasteiger partial charge in [-0.15, -0.1) is 0 Å². The van der Waals surface area contributed by atoms with Gasteiger partial charge >= 0.3 is 0 Å². The van der Waals surface area contributed by atoms with Gasteiger partial charge in [-0.25, -0.2) is 0 Å². The standard InChI is InChI=1S/C14H14INO2/c1-17-14-6-5-10(7-13(14)16)9-18-12-4-2-3-11(15)8-12/h2-8H,9,16H2,1H3. The summed E-state index contributed by atoms with van der Waals surface area (Å²) < 4.78 is 12.0. The molecule has 4 heteroatoms. The van der Waals surface area contributed by atoms with Crippen LogP contribution in [0.3, 0.4) is 0 Å². The maximum atomic E-state index is 5.84.